The van der Waals surface area contributed by atoms with Crippen LogP contribution >= 0.6 is 27.5 Å². The number of benzene rings is 1. The molecule has 17 heavy (non-hydrogen) atoms. The van der Waals surface area contributed by atoms with Crippen LogP contribution in [0.25, 0.3) is 0 Å². The summed E-state index contributed by atoms with van der Waals surface area (Å²) < 4.78 is 39.3. The lowest BCUT2D eigenvalue weighted by Crippen LogP contribution is -2.23. The molecule has 1 aromatic rings. The maximum atomic E-state index is 13.5. The predicted molar refractivity (Wildman–Crippen MR) is 58.5 cm³/mol. The first-order valence-corrected chi connectivity index (χ1v) is 5.44. The molecular weight excluding hydrogens is 326 g/mol. The molecule has 1 atom stereocenters. The van der Waals surface area contributed by atoms with Crippen molar-refractivity contribution in [1.29, 1.82) is 0 Å². The highest BCUT2D eigenvalue weighted by Crippen LogP contribution is 2.36. The van der Waals surface area contributed by atoms with Crippen molar-refractivity contribution < 1.29 is 23.1 Å². The van der Waals surface area contributed by atoms with Gasteiger partial charge in [0.05, 0.1) is 15.4 Å². The quantitative estimate of drug-likeness (QED) is 0.661. The molecule has 3 N–H and O–H groups in total. The van der Waals surface area contributed by atoms with Gasteiger partial charge in [0.25, 0.3) is 0 Å². The number of hydrogen-bond acceptors (Lipinski definition) is 2. The molecular formula is C9H6BrClF3NO2. The summed E-state index contributed by atoms with van der Waals surface area (Å²) in [4.78, 5) is 10.8. The molecule has 0 amide bonds. The van der Waals surface area contributed by atoms with Gasteiger partial charge in [0.15, 0.2) is 17.5 Å². The number of carboxylic acid groups (broad SMARTS) is 1. The van der Waals surface area contributed by atoms with Gasteiger partial charge in [-0.15, -0.1) is 0 Å². The average Bonchev–Trinajstić information content (AvgIpc) is 2.29. The highest BCUT2D eigenvalue weighted by molar-refractivity contribution is 9.10. The van der Waals surface area contributed by atoms with Crippen LogP contribution in [0.2, 0.25) is 5.02 Å². The molecule has 94 valence electrons. The maximum Gasteiger partial charge on any atom is 0.312 e. The molecule has 0 bridgehead atoms. The van der Waals surface area contributed by atoms with E-state index in [4.69, 9.17) is 22.4 Å². The number of halogens is 5. The van der Waals surface area contributed by atoms with Gasteiger partial charge in [0, 0.05) is 12.1 Å². The topological polar surface area (TPSA) is 63.3 Å². The fraction of sp³-hybridized carbons (Fsp3) is 0.222. The van der Waals surface area contributed by atoms with Crippen LogP contribution in [0.3, 0.4) is 0 Å². The van der Waals surface area contributed by atoms with Crippen LogP contribution in [0, 0.1) is 17.5 Å². The summed E-state index contributed by atoms with van der Waals surface area (Å²) in [5, 5.41) is 7.97. The summed E-state index contributed by atoms with van der Waals surface area (Å²) in [5.41, 5.74) is 4.33. The Morgan fingerprint density at radius 1 is 1.35 bits per heavy atom. The van der Waals surface area contributed by atoms with E-state index >= 15 is 0 Å². The van der Waals surface area contributed by atoms with E-state index in [0.29, 0.717) is 0 Å². The molecule has 0 aliphatic rings. The standard InChI is InChI=1S/C9H6BrClF3NO2/c10-4-7(13)5(11)3(6(12)8(4)14)2(1-15)9(16)17/h2H,1,15H2,(H,16,17). The molecule has 0 heterocycles. The summed E-state index contributed by atoms with van der Waals surface area (Å²) in [5.74, 6) is -7.46. The first kappa shape index (κ1) is 14.3. The van der Waals surface area contributed by atoms with Gasteiger partial charge in [-0.2, -0.15) is 0 Å². The zero-order chi connectivity index (χ0) is 13.3. The van der Waals surface area contributed by atoms with Crippen molar-refractivity contribution in [2.24, 2.45) is 5.73 Å². The summed E-state index contributed by atoms with van der Waals surface area (Å²) in [6.45, 7) is -0.535. The van der Waals surface area contributed by atoms with Crippen molar-refractivity contribution in [3.05, 3.63) is 32.5 Å². The van der Waals surface area contributed by atoms with E-state index in [-0.39, 0.29) is 0 Å². The minimum atomic E-state index is -1.61. The second-order valence-electron chi connectivity index (χ2n) is 3.11. The third-order valence-electron chi connectivity index (χ3n) is 2.13. The Kier molecular flexibility index (Phi) is 4.40. The second-order valence-corrected chi connectivity index (χ2v) is 4.28. The zero-order valence-corrected chi connectivity index (χ0v) is 10.4. The third kappa shape index (κ3) is 2.41. The summed E-state index contributed by atoms with van der Waals surface area (Å²) in [6, 6.07) is 0. The Morgan fingerprint density at radius 2 is 1.88 bits per heavy atom. The SMILES string of the molecule is NCC(C(=O)O)c1c(F)c(F)c(Br)c(F)c1Cl. The van der Waals surface area contributed by atoms with E-state index in [1.165, 1.54) is 0 Å². The van der Waals surface area contributed by atoms with Gasteiger partial charge in [-0.3, -0.25) is 4.79 Å². The summed E-state index contributed by atoms with van der Waals surface area (Å²) >= 11 is 7.93. The zero-order valence-electron chi connectivity index (χ0n) is 8.11. The van der Waals surface area contributed by atoms with E-state index in [9.17, 15) is 18.0 Å². The van der Waals surface area contributed by atoms with E-state index in [2.05, 4.69) is 15.9 Å². The van der Waals surface area contributed by atoms with Gasteiger partial charge in [0.1, 0.15) is 0 Å². The Balaban J connectivity index is 3.58. The average molecular weight is 333 g/mol. The van der Waals surface area contributed by atoms with Crippen molar-refractivity contribution in [3.63, 3.8) is 0 Å². The molecule has 0 radical (unpaired) electrons. The van der Waals surface area contributed by atoms with Crippen LogP contribution in [0.15, 0.2) is 4.47 Å². The normalized spacial score (nSPS) is 12.6. The molecule has 1 rings (SSSR count). The minimum Gasteiger partial charge on any atom is -0.481 e. The number of aliphatic carboxylic acids is 1. The van der Waals surface area contributed by atoms with Crippen molar-refractivity contribution in [2.45, 2.75) is 5.92 Å². The Labute approximate surface area is 107 Å². The molecule has 0 spiro atoms. The molecule has 1 unspecified atom stereocenters. The van der Waals surface area contributed by atoms with Crippen molar-refractivity contribution in [3.8, 4) is 0 Å². The molecule has 0 saturated heterocycles. The predicted octanol–water partition coefficient (Wildman–Crippen LogP) is 2.65. The Bertz CT molecular complexity index is 455. The molecule has 1 aromatic carbocycles. The molecule has 0 aliphatic heterocycles. The lowest BCUT2D eigenvalue weighted by molar-refractivity contribution is -0.138. The minimum absolute atomic E-state index is 0.535. The fourth-order valence-electron chi connectivity index (χ4n) is 1.27. The molecule has 0 fully saturated rings. The second kappa shape index (κ2) is 5.24. The first-order chi connectivity index (χ1) is 7.82. The number of rotatable bonds is 3. The Hall–Kier alpha value is -0.790. The van der Waals surface area contributed by atoms with Gasteiger partial charge in [0.2, 0.25) is 0 Å². The highest BCUT2D eigenvalue weighted by Gasteiger charge is 2.31. The number of carboxylic acids is 1. The molecule has 3 nitrogen and oxygen atoms in total. The van der Waals surface area contributed by atoms with Crippen LogP contribution in [0.5, 0.6) is 0 Å². The van der Waals surface area contributed by atoms with Gasteiger partial charge < -0.3 is 10.8 Å². The molecule has 0 aliphatic carbocycles. The smallest absolute Gasteiger partial charge is 0.312 e. The van der Waals surface area contributed by atoms with E-state index in [1.54, 1.807) is 0 Å². The third-order valence-corrected chi connectivity index (χ3v) is 3.19. The number of hydrogen-bond donors (Lipinski definition) is 2. The fourth-order valence-corrected chi connectivity index (χ4v) is 2.07. The first-order valence-electron chi connectivity index (χ1n) is 4.27. The molecule has 0 aromatic heterocycles. The summed E-state index contributed by atoms with van der Waals surface area (Å²) in [6.07, 6.45) is 0. The van der Waals surface area contributed by atoms with Crippen LogP contribution in [-0.2, 0) is 4.79 Å². The lowest BCUT2D eigenvalue weighted by Gasteiger charge is -2.15. The van der Waals surface area contributed by atoms with E-state index in [0.717, 1.165) is 0 Å². The van der Waals surface area contributed by atoms with Gasteiger partial charge in [-0.05, 0) is 15.9 Å². The van der Waals surface area contributed by atoms with Crippen LogP contribution in [0.4, 0.5) is 13.2 Å². The van der Waals surface area contributed by atoms with Gasteiger partial charge in [-0.1, -0.05) is 11.6 Å². The maximum absolute atomic E-state index is 13.5. The largest absolute Gasteiger partial charge is 0.481 e. The monoisotopic (exact) mass is 331 g/mol. The Morgan fingerprint density at radius 3 is 2.29 bits per heavy atom. The van der Waals surface area contributed by atoms with Crippen LogP contribution in [-0.4, -0.2) is 17.6 Å². The van der Waals surface area contributed by atoms with Gasteiger partial charge >= 0.3 is 5.97 Å². The lowest BCUT2D eigenvalue weighted by atomic mass is 9.98. The molecule has 8 heteroatoms. The van der Waals surface area contributed by atoms with Crippen molar-refractivity contribution in [1.82, 2.24) is 0 Å². The van der Waals surface area contributed by atoms with E-state index in [1.807, 2.05) is 0 Å². The molecule has 0 saturated carbocycles. The van der Waals surface area contributed by atoms with Crippen LogP contribution < -0.4 is 5.73 Å². The highest BCUT2D eigenvalue weighted by atomic mass is 79.9. The van der Waals surface area contributed by atoms with Crippen molar-refractivity contribution in [2.75, 3.05) is 6.54 Å². The number of carbonyl (C=O) groups is 1. The van der Waals surface area contributed by atoms with Crippen LogP contribution in [0.1, 0.15) is 11.5 Å². The van der Waals surface area contributed by atoms with E-state index < -0.39 is 50.9 Å². The number of nitrogens with two attached hydrogens (primary N) is 1. The van der Waals surface area contributed by atoms with Gasteiger partial charge in [-0.25, -0.2) is 13.2 Å². The summed E-state index contributed by atoms with van der Waals surface area (Å²) in [7, 11) is 0. The van der Waals surface area contributed by atoms with Crippen molar-refractivity contribution >= 4 is 33.5 Å².